The molecule has 1 aliphatic carbocycles. The van der Waals surface area contributed by atoms with Gasteiger partial charge in [-0.15, -0.1) is 0 Å². The molecule has 1 fully saturated rings. The Hall–Kier alpha value is -3.42. The lowest BCUT2D eigenvalue weighted by Crippen LogP contribution is -2.39. The third-order valence-corrected chi connectivity index (χ3v) is 6.08. The molecule has 0 atom stereocenters. The fourth-order valence-corrected chi connectivity index (χ4v) is 4.29. The van der Waals surface area contributed by atoms with Crippen LogP contribution in [0.15, 0.2) is 48.5 Å². The number of anilines is 2. The third-order valence-electron chi connectivity index (χ3n) is 6.08. The quantitative estimate of drug-likeness (QED) is 0.500. The Bertz CT molecular complexity index is 1100. The first-order valence-electron chi connectivity index (χ1n) is 11.4. The van der Waals surface area contributed by atoms with Crippen molar-refractivity contribution >= 4 is 28.7 Å². The number of hydrogen-bond acceptors (Lipinski definition) is 5. The van der Waals surface area contributed by atoms with E-state index in [2.05, 4.69) is 16.0 Å². The van der Waals surface area contributed by atoms with Crippen molar-refractivity contribution in [2.75, 3.05) is 30.9 Å². The number of urea groups is 1. The van der Waals surface area contributed by atoms with Gasteiger partial charge in [0.15, 0.2) is 0 Å². The van der Waals surface area contributed by atoms with Crippen molar-refractivity contribution in [3.8, 4) is 0 Å². The van der Waals surface area contributed by atoms with E-state index in [1.165, 1.54) is 12.1 Å². The first-order valence-corrected chi connectivity index (χ1v) is 11.4. The molecule has 0 saturated heterocycles. The normalized spacial score (nSPS) is 18.0. The maximum Gasteiger partial charge on any atom is 0.315 e. The Kier molecular flexibility index (Phi) is 7.22. The van der Waals surface area contributed by atoms with E-state index in [1.807, 2.05) is 43.3 Å². The second kappa shape index (κ2) is 10.5. The van der Waals surface area contributed by atoms with Gasteiger partial charge < -0.3 is 20.9 Å². The summed E-state index contributed by atoms with van der Waals surface area (Å²) >= 11 is 0. The summed E-state index contributed by atoms with van der Waals surface area (Å²) in [4.78, 5) is 23.5. The molecule has 1 saturated carbocycles. The largest absolute Gasteiger partial charge is 0.362 e. The Balaban J connectivity index is 1.23. The number of carbonyl (C=O) groups excluding carboxylic acids is 1. The van der Waals surface area contributed by atoms with Crippen LogP contribution in [0.25, 0.3) is 10.9 Å². The number of rotatable bonds is 7. The van der Waals surface area contributed by atoms with Gasteiger partial charge in [0.25, 0.3) is 0 Å². The molecule has 3 aromatic rings. The number of aromatic nitrogens is 2. The van der Waals surface area contributed by atoms with E-state index in [1.54, 1.807) is 12.1 Å². The smallest absolute Gasteiger partial charge is 0.315 e. The molecular formula is C25H31FN6O. The van der Waals surface area contributed by atoms with Crippen molar-refractivity contribution in [2.45, 2.75) is 38.3 Å². The van der Waals surface area contributed by atoms with Crippen LogP contribution in [0.5, 0.6) is 0 Å². The van der Waals surface area contributed by atoms with Gasteiger partial charge in [0.05, 0.1) is 5.52 Å². The zero-order valence-electron chi connectivity index (χ0n) is 19.1. The summed E-state index contributed by atoms with van der Waals surface area (Å²) in [5.41, 5.74) is 1.67. The number of fused-ring (bicyclic) bond motifs is 1. The summed E-state index contributed by atoms with van der Waals surface area (Å²) in [6.45, 7) is 0.944. The number of carbonyl (C=O) groups is 1. The minimum absolute atomic E-state index is 0.222. The molecular weight excluding hydrogens is 419 g/mol. The van der Waals surface area contributed by atoms with Crippen molar-refractivity contribution < 1.29 is 9.18 Å². The Morgan fingerprint density at radius 1 is 1.03 bits per heavy atom. The lowest BCUT2D eigenvalue weighted by Gasteiger charge is -2.29. The zero-order chi connectivity index (χ0) is 23.2. The number of amides is 2. The van der Waals surface area contributed by atoms with Crippen LogP contribution in [0.4, 0.5) is 21.0 Å². The highest BCUT2D eigenvalue weighted by molar-refractivity contribution is 5.90. The van der Waals surface area contributed by atoms with E-state index in [4.69, 9.17) is 9.97 Å². The van der Waals surface area contributed by atoms with E-state index in [-0.39, 0.29) is 11.8 Å². The van der Waals surface area contributed by atoms with Gasteiger partial charge in [0, 0.05) is 38.6 Å². The summed E-state index contributed by atoms with van der Waals surface area (Å²) in [7, 11) is 3.98. The highest BCUT2D eigenvalue weighted by atomic mass is 19.1. The Labute approximate surface area is 193 Å². The van der Waals surface area contributed by atoms with Crippen molar-refractivity contribution in [1.29, 1.82) is 0 Å². The van der Waals surface area contributed by atoms with Crippen molar-refractivity contribution in [3.63, 3.8) is 0 Å². The molecule has 0 aliphatic heterocycles. The molecule has 2 aromatic carbocycles. The van der Waals surface area contributed by atoms with Crippen LogP contribution in [0.3, 0.4) is 0 Å². The number of halogens is 1. The van der Waals surface area contributed by atoms with Crippen LogP contribution >= 0.6 is 0 Å². The van der Waals surface area contributed by atoms with E-state index in [0.717, 1.165) is 48.0 Å². The fourth-order valence-electron chi connectivity index (χ4n) is 4.29. The third kappa shape index (κ3) is 6.09. The molecule has 7 nitrogen and oxygen atoms in total. The van der Waals surface area contributed by atoms with Crippen molar-refractivity contribution in [2.24, 2.45) is 5.92 Å². The molecule has 1 aromatic heterocycles. The van der Waals surface area contributed by atoms with Gasteiger partial charge in [-0.1, -0.05) is 24.3 Å². The highest BCUT2D eigenvalue weighted by Crippen LogP contribution is 2.28. The van der Waals surface area contributed by atoms with Gasteiger partial charge in [-0.3, -0.25) is 0 Å². The molecule has 1 aliphatic rings. The highest BCUT2D eigenvalue weighted by Gasteiger charge is 2.22. The standard InChI is InChI=1S/C25H31FN6O/c1-32(2)23-21-8-3-4-9-22(21)30-24(31-23)29-20-12-10-17(11-13-20)15-27-25(33)28-16-18-6-5-7-19(26)14-18/h3-9,14,17,20H,10-13,15-16H2,1-2H3,(H2,27,28,33)(H,29,30,31)/t17-,20+. The molecule has 0 unspecified atom stereocenters. The van der Waals surface area contributed by atoms with Crippen LogP contribution in [-0.2, 0) is 6.54 Å². The molecule has 1 heterocycles. The van der Waals surface area contributed by atoms with Crippen molar-refractivity contribution in [1.82, 2.24) is 20.6 Å². The minimum Gasteiger partial charge on any atom is -0.362 e. The van der Waals surface area contributed by atoms with E-state index < -0.39 is 0 Å². The monoisotopic (exact) mass is 450 g/mol. The predicted molar refractivity (Wildman–Crippen MR) is 130 cm³/mol. The zero-order valence-corrected chi connectivity index (χ0v) is 19.1. The Morgan fingerprint density at radius 3 is 2.58 bits per heavy atom. The predicted octanol–water partition coefficient (Wildman–Crippen LogP) is 4.31. The molecule has 0 spiro atoms. The molecule has 33 heavy (non-hydrogen) atoms. The summed E-state index contributed by atoms with van der Waals surface area (Å²) in [6, 6.07) is 14.4. The average molecular weight is 451 g/mol. The van der Waals surface area contributed by atoms with Crippen LogP contribution in [0.2, 0.25) is 0 Å². The molecule has 174 valence electrons. The van der Waals surface area contributed by atoms with Gasteiger partial charge in [0.1, 0.15) is 11.6 Å². The summed E-state index contributed by atoms with van der Waals surface area (Å²) in [6.07, 6.45) is 4.06. The van der Waals surface area contributed by atoms with E-state index in [0.29, 0.717) is 31.0 Å². The first kappa shape index (κ1) is 22.8. The minimum atomic E-state index is -0.299. The second-order valence-corrected chi connectivity index (χ2v) is 8.84. The van der Waals surface area contributed by atoms with E-state index >= 15 is 0 Å². The average Bonchev–Trinajstić information content (AvgIpc) is 2.82. The lowest BCUT2D eigenvalue weighted by molar-refractivity contribution is 0.235. The summed E-state index contributed by atoms with van der Waals surface area (Å²) < 4.78 is 13.2. The maximum atomic E-state index is 13.2. The molecule has 3 N–H and O–H groups in total. The number of benzene rings is 2. The number of nitrogens with zero attached hydrogens (tertiary/aromatic N) is 3. The molecule has 0 bridgehead atoms. The van der Waals surface area contributed by atoms with Gasteiger partial charge in [0.2, 0.25) is 5.95 Å². The van der Waals surface area contributed by atoms with E-state index in [9.17, 15) is 9.18 Å². The fraction of sp³-hybridized carbons (Fsp3) is 0.400. The molecule has 0 radical (unpaired) electrons. The SMILES string of the molecule is CN(C)c1nc(N[C@H]2CC[C@@H](CNC(=O)NCc3cccc(F)c3)CC2)nc2ccccc12. The molecule has 2 amide bonds. The van der Waals surface area contributed by atoms with Gasteiger partial charge in [-0.2, -0.15) is 4.98 Å². The summed E-state index contributed by atoms with van der Waals surface area (Å²) in [5.74, 6) is 1.71. The summed E-state index contributed by atoms with van der Waals surface area (Å²) in [5, 5.41) is 10.3. The topological polar surface area (TPSA) is 82.2 Å². The van der Waals surface area contributed by atoms with Crippen LogP contribution in [-0.4, -0.2) is 42.7 Å². The van der Waals surface area contributed by atoms with Crippen molar-refractivity contribution in [3.05, 3.63) is 59.9 Å². The van der Waals surface area contributed by atoms with Crippen LogP contribution < -0.4 is 20.9 Å². The first-order chi connectivity index (χ1) is 16.0. The van der Waals surface area contributed by atoms with Gasteiger partial charge >= 0.3 is 6.03 Å². The number of nitrogens with one attached hydrogen (secondary N) is 3. The lowest BCUT2D eigenvalue weighted by atomic mass is 9.86. The van der Waals surface area contributed by atoms with Gasteiger partial charge in [-0.25, -0.2) is 14.2 Å². The number of hydrogen-bond donors (Lipinski definition) is 3. The van der Waals surface area contributed by atoms with Gasteiger partial charge in [-0.05, 0) is 61.4 Å². The second-order valence-electron chi connectivity index (χ2n) is 8.84. The molecule has 4 rings (SSSR count). The number of para-hydroxylation sites is 1. The maximum absolute atomic E-state index is 13.2. The van der Waals surface area contributed by atoms with Crippen LogP contribution in [0.1, 0.15) is 31.2 Å². The Morgan fingerprint density at radius 2 is 1.82 bits per heavy atom. The van der Waals surface area contributed by atoms with Crippen LogP contribution in [0, 0.1) is 11.7 Å². The molecule has 8 heteroatoms.